The molecule has 0 radical (unpaired) electrons. The highest BCUT2D eigenvalue weighted by Crippen LogP contribution is 2.27. The smallest absolute Gasteiger partial charge is 0.326 e. The number of fused-ring (bicyclic) bond motifs is 1. The average molecular weight is 364 g/mol. The van der Waals surface area contributed by atoms with Crippen molar-refractivity contribution < 1.29 is 19.5 Å². The number of aliphatic carboxylic acids is 1. The van der Waals surface area contributed by atoms with E-state index in [9.17, 15) is 19.5 Å². The number of likely N-dealkylation sites (tertiary alicyclic amines) is 1. The van der Waals surface area contributed by atoms with E-state index in [-0.39, 0.29) is 11.8 Å². The molecule has 25 heavy (non-hydrogen) atoms. The summed E-state index contributed by atoms with van der Waals surface area (Å²) in [6.45, 7) is 3.86. The molecule has 134 valence electrons. The molecule has 1 saturated heterocycles. The average Bonchev–Trinajstić information content (AvgIpc) is 3.24. The standard InChI is InChI=1S/C16H20N4O4S/c1-8-10-7-12(25-15(10)19(3)18-8)13(21)17-9(2)14(22)20-6-4-5-11(20)16(23)24/h7,9,11H,4-6H2,1-3H3,(H,17,21)(H,23,24)/t9?,11-/m1/s1. The summed E-state index contributed by atoms with van der Waals surface area (Å²) in [6, 6.07) is 0.187. The van der Waals surface area contributed by atoms with Gasteiger partial charge in [0.05, 0.1) is 10.6 Å². The Labute approximate surface area is 148 Å². The van der Waals surface area contributed by atoms with Crippen LogP contribution in [-0.2, 0) is 16.6 Å². The van der Waals surface area contributed by atoms with E-state index in [1.54, 1.807) is 17.7 Å². The molecule has 2 aromatic heterocycles. The fraction of sp³-hybridized carbons (Fsp3) is 0.500. The van der Waals surface area contributed by atoms with Gasteiger partial charge in [-0.3, -0.25) is 14.3 Å². The van der Waals surface area contributed by atoms with Crippen molar-refractivity contribution in [3.63, 3.8) is 0 Å². The quantitative estimate of drug-likeness (QED) is 0.846. The maximum Gasteiger partial charge on any atom is 0.326 e. The minimum absolute atomic E-state index is 0.340. The molecule has 0 spiro atoms. The summed E-state index contributed by atoms with van der Waals surface area (Å²) >= 11 is 1.31. The number of aryl methyl sites for hydroxylation is 2. The minimum Gasteiger partial charge on any atom is -0.480 e. The van der Waals surface area contributed by atoms with Gasteiger partial charge in [0.25, 0.3) is 5.91 Å². The molecule has 1 aliphatic rings. The number of amides is 2. The topological polar surface area (TPSA) is 105 Å². The summed E-state index contributed by atoms with van der Waals surface area (Å²) in [4.78, 5) is 38.9. The summed E-state index contributed by atoms with van der Waals surface area (Å²) in [7, 11) is 1.82. The Kier molecular flexibility index (Phi) is 4.51. The second-order valence-corrected chi connectivity index (χ2v) is 7.29. The lowest BCUT2D eigenvalue weighted by Crippen LogP contribution is -2.50. The molecule has 2 atom stereocenters. The van der Waals surface area contributed by atoms with E-state index in [0.29, 0.717) is 24.3 Å². The van der Waals surface area contributed by atoms with Crippen LogP contribution in [0.1, 0.15) is 35.1 Å². The van der Waals surface area contributed by atoms with Crippen LogP contribution in [0.2, 0.25) is 0 Å². The molecule has 2 amide bonds. The molecule has 0 aromatic carbocycles. The maximum absolute atomic E-state index is 12.5. The molecule has 1 fully saturated rings. The molecule has 8 nitrogen and oxygen atoms in total. The number of hydrogen-bond acceptors (Lipinski definition) is 5. The number of carboxylic acids is 1. The summed E-state index contributed by atoms with van der Waals surface area (Å²) in [5.74, 6) is -1.71. The van der Waals surface area contributed by atoms with Gasteiger partial charge >= 0.3 is 5.97 Å². The Hall–Kier alpha value is -2.42. The molecule has 1 unspecified atom stereocenters. The third kappa shape index (κ3) is 3.11. The van der Waals surface area contributed by atoms with E-state index in [4.69, 9.17) is 0 Å². The lowest BCUT2D eigenvalue weighted by atomic mass is 10.2. The van der Waals surface area contributed by atoms with Gasteiger partial charge in [-0.25, -0.2) is 4.79 Å². The predicted molar refractivity (Wildman–Crippen MR) is 92.6 cm³/mol. The number of carbonyl (C=O) groups excluding carboxylic acids is 2. The summed E-state index contributed by atoms with van der Waals surface area (Å²) in [6.07, 6.45) is 1.11. The van der Waals surface area contributed by atoms with E-state index in [1.807, 2.05) is 14.0 Å². The van der Waals surface area contributed by atoms with Crippen LogP contribution in [0.25, 0.3) is 10.2 Å². The van der Waals surface area contributed by atoms with Crippen LogP contribution in [0.15, 0.2) is 6.07 Å². The van der Waals surface area contributed by atoms with Crippen molar-refractivity contribution >= 4 is 39.3 Å². The second-order valence-electron chi connectivity index (χ2n) is 6.26. The van der Waals surface area contributed by atoms with Gasteiger partial charge in [0.15, 0.2) is 0 Å². The Morgan fingerprint density at radius 3 is 2.80 bits per heavy atom. The third-order valence-electron chi connectivity index (χ3n) is 4.46. The number of aromatic nitrogens is 2. The third-order valence-corrected chi connectivity index (χ3v) is 5.66. The molecular weight excluding hydrogens is 344 g/mol. The van der Waals surface area contributed by atoms with Gasteiger partial charge in [-0.15, -0.1) is 11.3 Å². The van der Waals surface area contributed by atoms with Crippen LogP contribution < -0.4 is 5.32 Å². The minimum atomic E-state index is -1.00. The van der Waals surface area contributed by atoms with E-state index >= 15 is 0 Å². The molecule has 3 rings (SSSR count). The van der Waals surface area contributed by atoms with Crippen molar-refractivity contribution in [3.8, 4) is 0 Å². The fourth-order valence-corrected chi connectivity index (χ4v) is 4.21. The van der Waals surface area contributed by atoms with Crippen molar-refractivity contribution in [1.29, 1.82) is 0 Å². The van der Waals surface area contributed by atoms with Crippen molar-refractivity contribution in [3.05, 3.63) is 16.6 Å². The highest BCUT2D eigenvalue weighted by Gasteiger charge is 2.36. The van der Waals surface area contributed by atoms with Gasteiger partial charge in [0, 0.05) is 19.0 Å². The fourth-order valence-electron chi connectivity index (χ4n) is 3.18. The Balaban J connectivity index is 1.72. The first kappa shape index (κ1) is 17.4. The Bertz CT molecular complexity index is 821. The first-order valence-electron chi connectivity index (χ1n) is 8.07. The SMILES string of the molecule is Cc1nn(C)c2sc(C(=O)NC(C)C(=O)N3CCC[C@@H]3C(=O)O)cc12. The molecule has 0 saturated carbocycles. The molecule has 2 N–H and O–H groups in total. The number of nitrogens with zero attached hydrogens (tertiary/aromatic N) is 3. The van der Waals surface area contributed by atoms with E-state index in [0.717, 1.165) is 15.9 Å². The van der Waals surface area contributed by atoms with Crippen LogP contribution in [0.5, 0.6) is 0 Å². The predicted octanol–water partition coefficient (Wildman–Crippen LogP) is 1.14. The van der Waals surface area contributed by atoms with Gasteiger partial charge in [-0.2, -0.15) is 5.10 Å². The van der Waals surface area contributed by atoms with E-state index in [2.05, 4.69) is 10.4 Å². The molecule has 3 heterocycles. The van der Waals surface area contributed by atoms with Gasteiger partial charge in [0.2, 0.25) is 5.91 Å². The Morgan fingerprint density at radius 1 is 1.44 bits per heavy atom. The molecule has 2 aromatic rings. The highest BCUT2D eigenvalue weighted by molar-refractivity contribution is 7.20. The number of hydrogen-bond donors (Lipinski definition) is 2. The summed E-state index contributed by atoms with van der Waals surface area (Å²) < 4.78 is 1.72. The molecule has 1 aliphatic heterocycles. The highest BCUT2D eigenvalue weighted by atomic mass is 32.1. The van der Waals surface area contributed by atoms with Crippen LogP contribution >= 0.6 is 11.3 Å². The summed E-state index contributed by atoms with van der Waals surface area (Å²) in [5.41, 5.74) is 0.846. The van der Waals surface area contributed by atoms with Gasteiger partial charge in [-0.05, 0) is 32.8 Å². The van der Waals surface area contributed by atoms with Crippen molar-refractivity contribution in [2.24, 2.45) is 7.05 Å². The number of carbonyl (C=O) groups is 3. The van der Waals surface area contributed by atoms with E-state index < -0.39 is 18.1 Å². The van der Waals surface area contributed by atoms with Crippen molar-refractivity contribution in [2.45, 2.75) is 38.8 Å². The lowest BCUT2D eigenvalue weighted by Gasteiger charge is -2.25. The van der Waals surface area contributed by atoms with Gasteiger partial charge < -0.3 is 15.3 Å². The number of nitrogens with one attached hydrogen (secondary N) is 1. The molecular formula is C16H20N4O4S. The lowest BCUT2D eigenvalue weighted by molar-refractivity contribution is -0.148. The van der Waals surface area contributed by atoms with E-state index in [1.165, 1.54) is 16.2 Å². The molecule has 9 heteroatoms. The summed E-state index contributed by atoms with van der Waals surface area (Å²) in [5, 5.41) is 17.1. The molecule has 0 bridgehead atoms. The second kappa shape index (κ2) is 6.47. The van der Waals surface area contributed by atoms with Gasteiger partial charge in [-0.1, -0.05) is 0 Å². The largest absolute Gasteiger partial charge is 0.480 e. The van der Waals surface area contributed by atoms with Crippen molar-refractivity contribution in [2.75, 3.05) is 6.54 Å². The number of rotatable bonds is 4. The van der Waals surface area contributed by atoms with Gasteiger partial charge in [0.1, 0.15) is 16.9 Å². The van der Waals surface area contributed by atoms with Crippen LogP contribution in [-0.4, -0.2) is 56.2 Å². The zero-order chi connectivity index (χ0) is 18.3. The molecule has 0 aliphatic carbocycles. The zero-order valence-electron chi connectivity index (χ0n) is 14.3. The van der Waals surface area contributed by atoms with Crippen molar-refractivity contribution in [1.82, 2.24) is 20.0 Å². The number of carboxylic acid groups (broad SMARTS) is 1. The zero-order valence-corrected chi connectivity index (χ0v) is 15.1. The van der Waals surface area contributed by atoms with Crippen LogP contribution in [0, 0.1) is 6.92 Å². The monoisotopic (exact) mass is 364 g/mol. The first-order valence-corrected chi connectivity index (χ1v) is 8.88. The van der Waals surface area contributed by atoms with Crippen LogP contribution in [0.3, 0.4) is 0 Å². The Morgan fingerprint density at radius 2 is 2.16 bits per heavy atom. The normalized spacial score (nSPS) is 18.5. The number of thiophene rings is 1. The maximum atomic E-state index is 12.5. The first-order chi connectivity index (χ1) is 11.8. The van der Waals surface area contributed by atoms with Crippen LogP contribution in [0.4, 0.5) is 0 Å².